The molecule has 2 N–H and O–H groups in total. The number of amides is 2. The van der Waals surface area contributed by atoms with E-state index in [-0.39, 0.29) is 11.4 Å². The van der Waals surface area contributed by atoms with Crippen molar-refractivity contribution in [3.8, 4) is 11.5 Å². The summed E-state index contributed by atoms with van der Waals surface area (Å²) in [6.45, 7) is 0. The van der Waals surface area contributed by atoms with Crippen LogP contribution in [-0.2, 0) is 0 Å². The molecule has 0 spiro atoms. The molecule has 0 saturated heterocycles. The Morgan fingerprint density at radius 2 is 1.16 bits per heavy atom. The molecule has 0 fully saturated rings. The van der Waals surface area contributed by atoms with Crippen LogP contribution < -0.4 is 20.3 Å². The van der Waals surface area contributed by atoms with Gasteiger partial charge in [-0.3, -0.25) is 9.59 Å². The number of hydrogen-bond acceptors (Lipinski definition) is 7. The van der Waals surface area contributed by atoms with Gasteiger partial charge in [-0.25, -0.2) is 15.8 Å². The van der Waals surface area contributed by atoms with Gasteiger partial charge in [-0.05, 0) is 36.4 Å². The lowest BCUT2D eigenvalue weighted by atomic mass is 10.2. The van der Waals surface area contributed by atoms with Gasteiger partial charge in [0.2, 0.25) is 0 Å². The number of hydrogen-bond donors (Lipinski definition) is 2. The van der Waals surface area contributed by atoms with Crippen molar-refractivity contribution in [2.45, 2.75) is 0 Å². The predicted molar refractivity (Wildman–Crippen MR) is 120 cm³/mol. The number of pyridine rings is 1. The second kappa shape index (κ2) is 11.0. The summed E-state index contributed by atoms with van der Waals surface area (Å²) < 4.78 is 10.4. The molecule has 0 aliphatic carbocycles. The molecule has 0 saturated carbocycles. The fourth-order valence-electron chi connectivity index (χ4n) is 2.67. The van der Waals surface area contributed by atoms with Crippen LogP contribution in [0.2, 0.25) is 0 Å². The molecule has 3 aromatic rings. The van der Waals surface area contributed by atoms with Crippen LogP contribution >= 0.6 is 0 Å². The minimum absolute atomic E-state index is 0.0311. The predicted octanol–water partition coefficient (Wildman–Crippen LogP) is 2.63. The number of ether oxygens (including phenoxy) is 2. The number of carbonyl (C=O) groups excluding carboxylic acids is 2. The molecule has 1 aromatic heterocycles. The van der Waals surface area contributed by atoms with E-state index in [2.05, 4.69) is 26.0 Å². The van der Waals surface area contributed by atoms with Crippen LogP contribution in [0.1, 0.15) is 32.1 Å². The Bertz CT molecular complexity index is 1070. The second-order valence-electron chi connectivity index (χ2n) is 6.29. The Morgan fingerprint density at radius 1 is 0.719 bits per heavy atom. The average molecular weight is 431 g/mol. The highest BCUT2D eigenvalue weighted by atomic mass is 16.5. The van der Waals surface area contributed by atoms with Crippen molar-refractivity contribution in [3.63, 3.8) is 0 Å². The zero-order chi connectivity index (χ0) is 22.8. The lowest BCUT2D eigenvalue weighted by molar-refractivity contribution is 0.0945. The van der Waals surface area contributed by atoms with E-state index in [1.54, 1.807) is 44.6 Å². The molecule has 1 heterocycles. The van der Waals surface area contributed by atoms with Gasteiger partial charge in [-0.1, -0.05) is 30.3 Å². The molecule has 2 amide bonds. The Kier molecular flexibility index (Phi) is 7.63. The first-order valence-corrected chi connectivity index (χ1v) is 9.52. The lowest BCUT2D eigenvalue weighted by Crippen LogP contribution is -2.23. The highest BCUT2D eigenvalue weighted by Crippen LogP contribution is 2.15. The Morgan fingerprint density at radius 3 is 1.59 bits per heavy atom. The number of rotatable bonds is 8. The van der Waals surface area contributed by atoms with Gasteiger partial charge < -0.3 is 9.47 Å². The molecule has 0 unspecified atom stereocenters. The second-order valence-corrected chi connectivity index (χ2v) is 6.29. The van der Waals surface area contributed by atoms with Gasteiger partial charge in [-0.2, -0.15) is 10.2 Å². The fraction of sp³-hybridized carbons (Fsp3) is 0.0870. The molecule has 32 heavy (non-hydrogen) atoms. The Hall–Kier alpha value is -4.53. The third kappa shape index (κ3) is 5.76. The first kappa shape index (κ1) is 22.2. The van der Waals surface area contributed by atoms with Gasteiger partial charge in [0.25, 0.3) is 11.8 Å². The normalized spacial score (nSPS) is 10.8. The first-order chi connectivity index (χ1) is 15.6. The molecule has 0 aliphatic rings. The molecular formula is C23H21N5O4. The van der Waals surface area contributed by atoms with E-state index in [9.17, 15) is 9.59 Å². The molecule has 0 atom stereocenters. The smallest absolute Gasteiger partial charge is 0.289 e. The van der Waals surface area contributed by atoms with Crippen molar-refractivity contribution in [3.05, 3.63) is 89.2 Å². The largest absolute Gasteiger partial charge is 0.496 e. The van der Waals surface area contributed by atoms with Gasteiger partial charge in [0, 0.05) is 11.1 Å². The molecule has 9 nitrogen and oxygen atoms in total. The number of benzene rings is 2. The van der Waals surface area contributed by atoms with Crippen LogP contribution in [0.5, 0.6) is 11.5 Å². The molecule has 0 radical (unpaired) electrons. The Balaban J connectivity index is 1.62. The summed E-state index contributed by atoms with van der Waals surface area (Å²) in [5.74, 6) is 0.110. The Labute approximate surface area is 184 Å². The third-order valence-corrected chi connectivity index (χ3v) is 4.23. The summed E-state index contributed by atoms with van der Waals surface area (Å²) in [4.78, 5) is 28.8. The van der Waals surface area contributed by atoms with Crippen LogP contribution in [0.15, 0.2) is 76.9 Å². The van der Waals surface area contributed by atoms with Crippen LogP contribution in [-0.4, -0.2) is 43.4 Å². The van der Waals surface area contributed by atoms with Gasteiger partial charge in [0.1, 0.15) is 22.9 Å². The van der Waals surface area contributed by atoms with Crippen molar-refractivity contribution < 1.29 is 19.1 Å². The van der Waals surface area contributed by atoms with Crippen molar-refractivity contribution in [2.75, 3.05) is 14.2 Å². The SMILES string of the molecule is COc1ccccc1C=NNC(=O)c1cccc(C(=O)NN=Cc2ccccc2OC)n1. The molecule has 0 bridgehead atoms. The van der Waals surface area contributed by atoms with Crippen LogP contribution in [0, 0.1) is 0 Å². The van der Waals surface area contributed by atoms with Gasteiger partial charge in [0.05, 0.1) is 26.6 Å². The van der Waals surface area contributed by atoms with Crippen molar-refractivity contribution in [1.29, 1.82) is 0 Å². The quantitative estimate of drug-likeness (QED) is 0.420. The van der Waals surface area contributed by atoms with E-state index in [4.69, 9.17) is 9.47 Å². The fourth-order valence-corrected chi connectivity index (χ4v) is 2.67. The van der Waals surface area contributed by atoms with E-state index in [0.717, 1.165) is 0 Å². The summed E-state index contributed by atoms with van der Waals surface area (Å²) in [6, 6.07) is 19.0. The number of aromatic nitrogens is 1. The zero-order valence-corrected chi connectivity index (χ0v) is 17.5. The van der Waals surface area contributed by atoms with Gasteiger partial charge in [0.15, 0.2) is 0 Å². The minimum atomic E-state index is -0.566. The third-order valence-electron chi connectivity index (χ3n) is 4.23. The minimum Gasteiger partial charge on any atom is -0.496 e. The number of carbonyl (C=O) groups is 2. The highest BCUT2D eigenvalue weighted by Gasteiger charge is 2.11. The molecule has 3 rings (SSSR count). The molecular weight excluding hydrogens is 410 g/mol. The maximum atomic E-state index is 12.3. The summed E-state index contributed by atoms with van der Waals surface area (Å²) in [5.41, 5.74) is 6.22. The summed E-state index contributed by atoms with van der Waals surface area (Å²) in [7, 11) is 3.10. The van der Waals surface area contributed by atoms with Crippen molar-refractivity contribution in [2.24, 2.45) is 10.2 Å². The topological polar surface area (TPSA) is 114 Å². The van der Waals surface area contributed by atoms with Gasteiger partial charge in [-0.15, -0.1) is 0 Å². The van der Waals surface area contributed by atoms with E-state index in [0.29, 0.717) is 22.6 Å². The van der Waals surface area contributed by atoms with Gasteiger partial charge >= 0.3 is 0 Å². The summed E-state index contributed by atoms with van der Waals surface area (Å²) in [5, 5.41) is 7.84. The van der Waals surface area contributed by atoms with Crippen LogP contribution in [0.4, 0.5) is 0 Å². The number of para-hydroxylation sites is 2. The molecule has 2 aromatic carbocycles. The molecule has 162 valence electrons. The highest BCUT2D eigenvalue weighted by molar-refractivity contribution is 5.97. The summed E-state index contributed by atoms with van der Waals surface area (Å²) in [6.07, 6.45) is 2.92. The summed E-state index contributed by atoms with van der Waals surface area (Å²) >= 11 is 0. The number of nitrogens with zero attached hydrogens (tertiary/aromatic N) is 3. The molecule has 0 aliphatic heterocycles. The van der Waals surface area contributed by atoms with Crippen molar-refractivity contribution >= 4 is 24.2 Å². The van der Waals surface area contributed by atoms with Crippen LogP contribution in [0.25, 0.3) is 0 Å². The molecule has 9 heteroatoms. The standard InChI is InChI=1S/C23H21N5O4/c1-31-20-12-5-3-8-16(20)14-24-27-22(29)18-10-7-11-19(26-18)23(30)28-25-15-17-9-4-6-13-21(17)32-2/h3-15H,1-2H3,(H,27,29)(H,28,30). The van der Waals surface area contributed by atoms with E-state index < -0.39 is 11.8 Å². The van der Waals surface area contributed by atoms with E-state index >= 15 is 0 Å². The zero-order valence-electron chi connectivity index (χ0n) is 17.5. The first-order valence-electron chi connectivity index (χ1n) is 9.52. The average Bonchev–Trinajstić information content (AvgIpc) is 2.84. The number of nitrogens with one attached hydrogen (secondary N) is 2. The number of hydrazone groups is 2. The van der Waals surface area contributed by atoms with E-state index in [1.807, 2.05) is 24.3 Å². The van der Waals surface area contributed by atoms with E-state index in [1.165, 1.54) is 24.6 Å². The monoisotopic (exact) mass is 431 g/mol. The van der Waals surface area contributed by atoms with Crippen molar-refractivity contribution in [1.82, 2.24) is 15.8 Å². The van der Waals surface area contributed by atoms with Crippen LogP contribution in [0.3, 0.4) is 0 Å². The maximum absolute atomic E-state index is 12.3. The number of methoxy groups -OCH3 is 2. The lowest BCUT2D eigenvalue weighted by Gasteiger charge is -2.05. The maximum Gasteiger partial charge on any atom is 0.289 e.